The van der Waals surface area contributed by atoms with Crippen molar-refractivity contribution in [2.45, 2.75) is 6.18 Å². The molecule has 0 aliphatic carbocycles. The maximum atomic E-state index is 12.6. The van der Waals surface area contributed by atoms with E-state index in [-0.39, 0.29) is 17.0 Å². The summed E-state index contributed by atoms with van der Waals surface area (Å²) < 4.78 is 43.0. The Hall–Kier alpha value is -4.18. The number of alkyl halides is 3. The first kappa shape index (κ1) is 24.5. The number of hydrogen-bond donors (Lipinski definition) is 2. The molecule has 0 atom stereocenters. The molecule has 3 aromatic carbocycles. The summed E-state index contributed by atoms with van der Waals surface area (Å²) in [5.74, 6) is -2.68. The summed E-state index contributed by atoms with van der Waals surface area (Å²) in [5, 5.41) is 6.19. The second kappa shape index (κ2) is 10.6. The van der Waals surface area contributed by atoms with Crippen LogP contribution in [0.1, 0.15) is 21.5 Å². The van der Waals surface area contributed by atoms with Crippen LogP contribution in [0.15, 0.2) is 77.9 Å². The Bertz CT molecular complexity index is 1240. The minimum absolute atomic E-state index is 0.00588. The lowest BCUT2D eigenvalue weighted by atomic mass is 10.2. The molecule has 0 aromatic heterocycles. The second-order valence-corrected chi connectivity index (χ2v) is 7.14. The lowest BCUT2D eigenvalue weighted by Crippen LogP contribution is -2.32. The quantitative estimate of drug-likeness (QED) is 0.179. The fourth-order valence-electron chi connectivity index (χ4n) is 2.59. The van der Waals surface area contributed by atoms with Crippen molar-refractivity contribution in [3.63, 3.8) is 0 Å². The van der Waals surface area contributed by atoms with E-state index >= 15 is 0 Å². The average molecular weight is 490 g/mol. The van der Waals surface area contributed by atoms with Gasteiger partial charge in [-0.3, -0.25) is 9.59 Å². The van der Waals surface area contributed by atoms with Crippen molar-refractivity contribution in [3.05, 3.63) is 94.5 Å². The van der Waals surface area contributed by atoms with E-state index in [2.05, 4.69) is 10.4 Å². The maximum absolute atomic E-state index is 12.6. The van der Waals surface area contributed by atoms with Gasteiger partial charge in [0.05, 0.1) is 17.3 Å². The molecule has 0 aliphatic rings. The van der Waals surface area contributed by atoms with Crippen LogP contribution < -0.4 is 15.5 Å². The lowest BCUT2D eigenvalue weighted by Gasteiger charge is -2.08. The van der Waals surface area contributed by atoms with Gasteiger partial charge in [0.15, 0.2) is 0 Å². The Balaban J connectivity index is 1.55. The largest absolute Gasteiger partial charge is 0.423 e. The van der Waals surface area contributed by atoms with Crippen LogP contribution in [0.25, 0.3) is 0 Å². The molecule has 0 spiro atoms. The molecule has 11 heteroatoms. The number of hydrazone groups is 1. The number of rotatable bonds is 5. The third kappa shape index (κ3) is 6.91. The zero-order valence-corrected chi connectivity index (χ0v) is 17.9. The summed E-state index contributed by atoms with van der Waals surface area (Å²) in [6.45, 7) is 0. The van der Waals surface area contributed by atoms with Gasteiger partial charge in [-0.25, -0.2) is 10.2 Å². The predicted molar refractivity (Wildman–Crippen MR) is 119 cm³/mol. The molecule has 3 aromatic rings. The number of amides is 2. The van der Waals surface area contributed by atoms with Crippen molar-refractivity contribution in [3.8, 4) is 5.75 Å². The van der Waals surface area contributed by atoms with Crippen LogP contribution in [0.4, 0.5) is 18.9 Å². The topological polar surface area (TPSA) is 96.9 Å². The molecule has 7 nitrogen and oxygen atoms in total. The summed E-state index contributed by atoms with van der Waals surface area (Å²) >= 11 is 5.86. The zero-order valence-electron chi connectivity index (χ0n) is 17.1. The highest BCUT2D eigenvalue weighted by Gasteiger charge is 2.30. The number of anilines is 1. The van der Waals surface area contributed by atoms with Crippen LogP contribution in [0.2, 0.25) is 5.02 Å². The number of esters is 1. The smallest absolute Gasteiger partial charge is 0.416 e. The number of nitrogens with one attached hydrogen (secondary N) is 2. The van der Waals surface area contributed by atoms with Gasteiger partial charge in [-0.05, 0) is 60.2 Å². The number of halogens is 4. The Morgan fingerprint density at radius 3 is 2.29 bits per heavy atom. The van der Waals surface area contributed by atoms with Crippen molar-refractivity contribution in [1.82, 2.24) is 5.43 Å². The minimum Gasteiger partial charge on any atom is -0.423 e. The van der Waals surface area contributed by atoms with E-state index < -0.39 is 29.5 Å². The first-order valence-electron chi connectivity index (χ1n) is 9.51. The maximum Gasteiger partial charge on any atom is 0.416 e. The van der Waals surface area contributed by atoms with Gasteiger partial charge in [-0.2, -0.15) is 18.3 Å². The number of nitrogens with zero attached hydrogens (tertiary/aromatic N) is 1. The molecule has 0 aliphatic heterocycles. The van der Waals surface area contributed by atoms with Gasteiger partial charge in [0.25, 0.3) is 0 Å². The normalized spacial score (nSPS) is 11.2. The zero-order chi connectivity index (χ0) is 24.7. The average Bonchev–Trinajstić information content (AvgIpc) is 2.79. The van der Waals surface area contributed by atoms with Crippen LogP contribution in [0.3, 0.4) is 0 Å². The van der Waals surface area contributed by atoms with Gasteiger partial charge in [0.2, 0.25) is 0 Å². The molecule has 2 N–H and O–H groups in total. The first-order chi connectivity index (χ1) is 16.1. The molecule has 0 fully saturated rings. The van der Waals surface area contributed by atoms with Crippen LogP contribution in [0, 0.1) is 0 Å². The number of carbonyl (C=O) groups excluding carboxylic acids is 3. The third-order valence-electron chi connectivity index (χ3n) is 4.19. The minimum atomic E-state index is -4.51. The number of ether oxygens (including phenoxy) is 1. The van der Waals surface area contributed by atoms with Gasteiger partial charge in [-0.1, -0.05) is 29.8 Å². The van der Waals surface area contributed by atoms with Crippen molar-refractivity contribution in [2.75, 3.05) is 5.32 Å². The van der Waals surface area contributed by atoms with Gasteiger partial charge in [0, 0.05) is 10.7 Å². The third-order valence-corrected chi connectivity index (χ3v) is 4.42. The summed E-state index contributed by atoms with van der Waals surface area (Å²) in [5.41, 5.74) is 1.82. The standard InChI is InChI=1S/C23H15ClF3N3O4/c24-17-5-2-4-15(12-17)22(33)34-19-6-1-3-14(11-19)13-28-30-21(32)20(31)29-18-9-7-16(8-10-18)23(25,26)27/h1-13H,(H,29,31)(H,30,32)/b28-13+. The Labute approximate surface area is 196 Å². The SMILES string of the molecule is O=C(N/N=C/c1cccc(OC(=O)c2cccc(Cl)c2)c1)C(=O)Nc1ccc(C(F)(F)F)cc1. The molecule has 3 rings (SSSR count). The monoisotopic (exact) mass is 489 g/mol. The second-order valence-electron chi connectivity index (χ2n) is 6.70. The van der Waals surface area contributed by atoms with E-state index in [1.165, 1.54) is 24.4 Å². The van der Waals surface area contributed by atoms with Crippen molar-refractivity contribution >= 4 is 41.3 Å². The molecule has 0 saturated carbocycles. The fourth-order valence-corrected chi connectivity index (χ4v) is 2.78. The number of benzene rings is 3. The van der Waals surface area contributed by atoms with Gasteiger partial charge in [0.1, 0.15) is 5.75 Å². The van der Waals surface area contributed by atoms with E-state index in [0.717, 1.165) is 24.3 Å². The molecule has 2 amide bonds. The van der Waals surface area contributed by atoms with Crippen molar-refractivity contribution in [1.29, 1.82) is 0 Å². The molecule has 0 unspecified atom stereocenters. The summed E-state index contributed by atoms with van der Waals surface area (Å²) in [7, 11) is 0. The van der Waals surface area contributed by atoms with E-state index in [0.29, 0.717) is 10.6 Å². The van der Waals surface area contributed by atoms with Gasteiger partial charge >= 0.3 is 24.0 Å². The highest BCUT2D eigenvalue weighted by Crippen LogP contribution is 2.29. The number of carbonyl (C=O) groups is 3. The molecular formula is C23H15ClF3N3O4. The summed E-state index contributed by atoms with van der Waals surface area (Å²) in [6, 6.07) is 16.0. The van der Waals surface area contributed by atoms with Crippen molar-refractivity contribution in [2.24, 2.45) is 5.10 Å². The fraction of sp³-hybridized carbons (Fsp3) is 0.0435. The molecule has 34 heavy (non-hydrogen) atoms. The van der Waals surface area contributed by atoms with Crippen LogP contribution in [0.5, 0.6) is 5.75 Å². The Morgan fingerprint density at radius 1 is 0.912 bits per heavy atom. The molecule has 0 saturated heterocycles. The molecule has 174 valence electrons. The highest BCUT2D eigenvalue weighted by molar-refractivity contribution is 6.39. The Morgan fingerprint density at radius 2 is 1.62 bits per heavy atom. The highest BCUT2D eigenvalue weighted by atomic mass is 35.5. The van der Waals surface area contributed by atoms with E-state index in [4.69, 9.17) is 16.3 Å². The van der Waals surface area contributed by atoms with E-state index in [1.54, 1.807) is 30.3 Å². The summed E-state index contributed by atoms with van der Waals surface area (Å²) in [4.78, 5) is 36.0. The van der Waals surface area contributed by atoms with E-state index in [9.17, 15) is 27.6 Å². The van der Waals surface area contributed by atoms with Crippen LogP contribution in [-0.2, 0) is 15.8 Å². The predicted octanol–water partition coefficient (Wildman–Crippen LogP) is 4.67. The first-order valence-corrected chi connectivity index (χ1v) is 9.89. The molecule has 0 bridgehead atoms. The lowest BCUT2D eigenvalue weighted by molar-refractivity contribution is -0.137. The van der Waals surface area contributed by atoms with Gasteiger partial charge in [-0.15, -0.1) is 0 Å². The van der Waals surface area contributed by atoms with Crippen molar-refractivity contribution < 1.29 is 32.3 Å². The molecular weight excluding hydrogens is 475 g/mol. The van der Waals surface area contributed by atoms with Crippen LogP contribution in [-0.4, -0.2) is 24.0 Å². The van der Waals surface area contributed by atoms with Crippen LogP contribution >= 0.6 is 11.6 Å². The summed E-state index contributed by atoms with van der Waals surface area (Å²) in [6.07, 6.45) is -3.31. The van der Waals surface area contributed by atoms with E-state index in [1.807, 2.05) is 5.43 Å². The number of hydrogen-bond acceptors (Lipinski definition) is 5. The van der Waals surface area contributed by atoms with Gasteiger partial charge < -0.3 is 10.1 Å². The Kier molecular flexibility index (Phi) is 7.64. The molecule has 0 radical (unpaired) electrons. The molecule has 0 heterocycles.